The van der Waals surface area contributed by atoms with Crippen LogP contribution in [0.15, 0.2) is 15.2 Å². The Labute approximate surface area is 116 Å². The van der Waals surface area contributed by atoms with Gasteiger partial charge in [-0.1, -0.05) is 26.2 Å². The number of hydrogen-bond donors (Lipinski definition) is 0. The van der Waals surface area contributed by atoms with E-state index in [-0.39, 0.29) is 5.91 Å². The number of carbonyl (C=O) groups excluding carboxylic acids is 1. The Morgan fingerprint density at radius 1 is 1.41 bits per heavy atom. The lowest BCUT2D eigenvalue weighted by Gasteiger charge is -2.16. The number of nitrogens with zero attached hydrogens (tertiary/aromatic N) is 1. The summed E-state index contributed by atoms with van der Waals surface area (Å²) < 4.78 is 1.12. The summed E-state index contributed by atoms with van der Waals surface area (Å²) in [6.45, 7) is 2.90. The van der Waals surface area contributed by atoms with E-state index in [4.69, 9.17) is 0 Å². The molecule has 17 heavy (non-hydrogen) atoms. The number of rotatable bonds is 7. The van der Waals surface area contributed by atoms with E-state index >= 15 is 0 Å². The molecule has 1 heterocycles. The van der Waals surface area contributed by atoms with Gasteiger partial charge in [0.1, 0.15) is 0 Å². The summed E-state index contributed by atoms with van der Waals surface area (Å²) in [5, 5.41) is 2.09. The van der Waals surface area contributed by atoms with Gasteiger partial charge in [-0.2, -0.15) is 0 Å². The van der Waals surface area contributed by atoms with Crippen molar-refractivity contribution in [2.75, 3.05) is 7.05 Å². The molecule has 0 atom stereocenters. The predicted molar refractivity (Wildman–Crippen MR) is 77.3 cm³/mol. The van der Waals surface area contributed by atoms with Crippen LogP contribution in [0.1, 0.15) is 44.6 Å². The lowest BCUT2D eigenvalue weighted by Crippen LogP contribution is -2.25. The highest BCUT2D eigenvalue weighted by molar-refractivity contribution is 9.11. The van der Waals surface area contributed by atoms with E-state index in [0.29, 0.717) is 13.0 Å². The van der Waals surface area contributed by atoms with Crippen LogP contribution < -0.4 is 0 Å². The van der Waals surface area contributed by atoms with Gasteiger partial charge in [0, 0.05) is 20.0 Å². The van der Waals surface area contributed by atoms with Gasteiger partial charge in [0.05, 0.1) is 3.79 Å². The number of hydrogen-bond acceptors (Lipinski definition) is 2. The number of amides is 1. The lowest BCUT2D eigenvalue weighted by atomic mass is 10.1. The molecule has 0 spiro atoms. The summed E-state index contributed by atoms with van der Waals surface area (Å²) in [6.07, 6.45) is 5.31. The van der Waals surface area contributed by atoms with Crippen molar-refractivity contribution >= 4 is 33.2 Å². The molecular formula is C13H20BrNOS. The van der Waals surface area contributed by atoms with Crippen molar-refractivity contribution in [2.24, 2.45) is 0 Å². The van der Waals surface area contributed by atoms with E-state index in [2.05, 4.69) is 34.3 Å². The second kappa shape index (κ2) is 7.88. The SMILES string of the molecule is CCCCCCC(=O)N(C)Cc1csc(Br)c1. The van der Waals surface area contributed by atoms with Crippen LogP contribution in [0.4, 0.5) is 0 Å². The van der Waals surface area contributed by atoms with Gasteiger partial charge in [-0.15, -0.1) is 11.3 Å². The zero-order valence-electron chi connectivity index (χ0n) is 10.5. The lowest BCUT2D eigenvalue weighted by molar-refractivity contribution is -0.130. The molecule has 96 valence electrons. The summed E-state index contributed by atoms with van der Waals surface area (Å²) in [5.74, 6) is 0.253. The van der Waals surface area contributed by atoms with Gasteiger partial charge < -0.3 is 4.90 Å². The summed E-state index contributed by atoms with van der Waals surface area (Å²) in [5.41, 5.74) is 1.20. The van der Waals surface area contributed by atoms with Crippen molar-refractivity contribution in [2.45, 2.75) is 45.6 Å². The largest absolute Gasteiger partial charge is 0.341 e. The van der Waals surface area contributed by atoms with Crippen LogP contribution in [0.25, 0.3) is 0 Å². The van der Waals surface area contributed by atoms with Gasteiger partial charge in [0.25, 0.3) is 0 Å². The van der Waals surface area contributed by atoms with Crippen molar-refractivity contribution < 1.29 is 4.79 Å². The third-order valence-electron chi connectivity index (χ3n) is 2.71. The van der Waals surface area contributed by atoms with Gasteiger partial charge >= 0.3 is 0 Å². The minimum Gasteiger partial charge on any atom is -0.341 e. The highest BCUT2D eigenvalue weighted by Gasteiger charge is 2.09. The number of unbranched alkanes of at least 4 members (excludes halogenated alkanes) is 3. The fraction of sp³-hybridized carbons (Fsp3) is 0.615. The molecule has 0 saturated heterocycles. The molecule has 1 rings (SSSR count). The Morgan fingerprint density at radius 2 is 2.18 bits per heavy atom. The Kier molecular flexibility index (Phi) is 6.82. The summed E-state index contributed by atoms with van der Waals surface area (Å²) >= 11 is 5.09. The van der Waals surface area contributed by atoms with Gasteiger partial charge in [-0.3, -0.25) is 4.79 Å². The molecule has 0 aliphatic carbocycles. The van der Waals surface area contributed by atoms with Gasteiger partial charge in [-0.05, 0) is 39.4 Å². The predicted octanol–water partition coefficient (Wildman–Crippen LogP) is 4.44. The van der Waals surface area contributed by atoms with Gasteiger partial charge in [-0.25, -0.2) is 0 Å². The molecule has 4 heteroatoms. The summed E-state index contributed by atoms with van der Waals surface area (Å²) in [6, 6.07) is 2.07. The molecular weight excluding hydrogens is 298 g/mol. The van der Waals surface area contributed by atoms with Crippen molar-refractivity contribution in [3.63, 3.8) is 0 Å². The molecule has 2 nitrogen and oxygen atoms in total. The Morgan fingerprint density at radius 3 is 2.76 bits per heavy atom. The van der Waals surface area contributed by atoms with Crippen LogP contribution in [0, 0.1) is 0 Å². The maximum Gasteiger partial charge on any atom is 0.222 e. The highest BCUT2D eigenvalue weighted by Crippen LogP contribution is 2.21. The minimum atomic E-state index is 0.253. The van der Waals surface area contributed by atoms with Crippen molar-refractivity contribution in [3.05, 3.63) is 20.8 Å². The molecule has 0 saturated carbocycles. The zero-order valence-corrected chi connectivity index (χ0v) is 12.9. The maximum absolute atomic E-state index is 11.8. The molecule has 0 aliphatic heterocycles. The molecule has 0 aromatic carbocycles. The Hall–Kier alpha value is -0.350. The fourth-order valence-electron chi connectivity index (χ4n) is 1.68. The van der Waals surface area contributed by atoms with Crippen molar-refractivity contribution in [3.8, 4) is 0 Å². The molecule has 0 aliphatic rings. The number of carbonyl (C=O) groups is 1. The fourth-order valence-corrected chi connectivity index (χ4v) is 2.88. The first-order chi connectivity index (χ1) is 8.13. The highest BCUT2D eigenvalue weighted by atomic mass is 79.9. The molecule has 1 amide bonds. The van der Waals surface area contributed by atoms with Crippen molar-refractivity contribution in [1.29, 1.82) is 0 Å². The van der Waals surface area contributed by atoms with E-state index < -0.39 is 0 Å². The normalized spacial score (nSPS) is 10.5. The quantitative estimate of drug-likeness (QED) is 0.681. The number of thiophene rings is 1. The molecule has 1 aromatic rings. The average molecular weight is 318 g/mol. The second-order valence-electron chi connectivity index (χ2n) is 4.32. The van der Waals surface area contributed by atoms with Crippen LogP contribution in [0.5, 0.6) is 0 Å². The Balaban J connectivity index is 2.27. The van der Waals surface area contributed by atoms with Crippen LogP contribution in [-0.2, 0) is 11.3 Å². The summed E-state index contributed by atoms with van der Waals surface area (Å²) in [4.78, 5) is 13.7. The first-order valence-electron chi connectivity index (χ1n) is 6.10. The topological polar surface area (TPSA) is 20.3 Å². The van der Waals surface area contributed by atoms with E-state index in [1.54, 1.807) is 11.3 Å². The molecule has 0 bridgehead atoms. The van der Waals surface area contributed by atoms with Crippen LogP contribution in [0.2, 0.25) is 0 Å². The molecule has 0 radical (unpaired) electrons. The first kappa shape index (κ1) is 14.7. The molecule has 0 unspecified atom stereocenters. The van der Waals surface area contributed by atoms with Crippen LogP contribution in [-0.4, -0.2) is 17.9 Å². The van der Waals surface area contributed by atoms with Crippen LogP contribution in [0.3, 0.4) is 0 Å². The third-order valence-corrected chi connectivity index (χ3v) is 4.26. The number of halogens is 1. The molecule has 0 fully saturated rings. The zero-order chi connectivity index (χ0) is 12.7. The van der Waals surface area contributed by atoms with Crippen molar-refractivity contribution in [1.82, 2.24) is 4.90 Å². The van der Waals surface area contributed by atoms with E-state index in [0.717, 1.165) is 10.2 Å². The first-order valence-corrected chi connectivity index (χ1v) is 7.77. The van der Waals surface area contributed by atoms with Gasteiger partial charge in [0.15, 0.2) is 0 Å². The van der Waals surface area contributed by atoms with Gasteiger partial charge in [0.2, 0.25) is 5.91 Å². The smallest absolute Gasteiger partial charge is 0.222 e. The monoisotopic (exact) mass is 317 g/mol. The van der Waals surface area contributed by atoms with Crippen LogP contribution >= 0.6 is 27.3 Å². The second-order valence-corrected chi connectivity index (χ2v) is 6.61. The maximum atomic E-state index is 11.8. The molecule has 1 aromatic heterocycles. The average Bonchev–Trinajstić information content (AvgIpc) is 2.70. The van der Waals surface area contributed by atoms with E-state index in [9.17, 15) is 4.79 Å². The minimum absolute atomic E-state index is 0.253. The Bertz CT molecular complexity index is 351. The van der Waals surface area contributed by atoms with E-state index in [1.165, 1.54) is 24.8 Å². The van der Waals surface area contributed by atoms with E-state index in [1.807, 2.05) is 11.9 Å². The third kappa shape index (κ3) is 5.68. The summed E-state index contributed by atoms with van der Waals surface area (Å²) in [7, 11) is 1.88. The standard InChI is InChI=1S/C13H20BrNOS/c1-3-4-5-6-7-13(16)15(2)9-11-8-12(14)17-10-11/h8,10H,3-7,9H2,1-2H3. The molecule has 0 N–H and O–H groups in total.